The number of aliphatic carboxylic acids is 1. The van der Waals surface area contributed by atoms with Crippen LogP contribution in [0, 0.1) is 0 Å². The van der Waals surface area contributed by atoms with Crippen molar-refractivity contribution in [2.45, 2.75) is 17.7 Å². The lowest BCUT2D eigenvalue weighted by molar-refractivity contribution is -0.141. The van der Waals surface area contributed by atoms with Gasteiger partial charge in [-0.25, -0.2) is 18.0 Å². The van der Waals surface area contributed by atoms with E-state index in [4.69, 9.17) is 10.2 Å². The highest BCUT2D eigenvalue weighted by Crippen LogP contribution is 2.23. The minimum absolute atomic E-state index is 0.180. The van der Waals surface area contributed by atoms with Gasteiger partial charge in [0.15, 0.2) is 9.84 Å². The summed E-state index contributed by atoms with van der Waals surface area (Å²) in [7, 11) is -3.40. The smallest absolute Gasteiger partial charge is 0.408 e. The zero-order chi connectivity index (χ0) is 11.8. The Hall–Kier alpha value is -1.31. The van der Waals surface area contributed by atoms with Crippen LogP contribution in [-0.4, -0.2) is 59.7 Å². The van der Waals surface area contributed by atoms with E-state index in [2.05, 4.69) is 0 Å². The average molecular weight is 237 g/mol. The fourth-order valence-corrected chi connectivity index (χ4v) is 2.52. The van der Waals surface area contributed by atoms with Crippen molar-refractivity contribution in [3.8, 4) is 0 Å². The number of carbonyl (C=O) groups is 2. The Morgan fingerprint density at radius 1 is 1.33 bits per heavy atom. The number of amides is 1. The molecule has 0 bridgehead atoms. The maximum atomic E-state index is 11.2. The van der Waals surface area contributed by atoms with Gasteiger partial charge in [-0.2, -0.15) is 0 Å². The first-order chi connectivity index (χ1) is 6.73. The van der Waals surface area contributed by atoms with Crippen molar-refractivity contribution in [1.82, 2.24) is 4.90 Å². The van der Waals surface area contributed by atoms with E-state index in [1.54, 1.807) is 0 Å². The third-order valence-electron chi connectivity index (χ3n) is 2.40. The van der Waals surface area contributed by atoms with E-state index in [1.165, 1.54) is 0 Å². The highest BCUT2D eigenvalue weighted by molar-refractivity contribution is 7.91. The van der Waals surface area contributed by atoms with Gasteiger partial charge in [0.2, 0.25) is 0 Å². The second-order valence-electron chi connectivity index (χ2n) is 3.48. The number of carboxylic acids is 1. The zero-order valence-electron chi connectivity index (χ0n) is 7.95. The summed E-state index contributed by atoms with van der Waals surface area (Å²) in [6, 6.07) is -1.26. The van der Waals surface area contributed by atoms with Crippen LogP contribution in [0.2, 0.25) is 0 Å². The Morgan fingerprint density at radius 3 is 2.13 bits per heavy atom. The van der Waals surface area contributed by atoms with Gasteiger partial charge in [-0.05, 0) is 6.42 Å². The topological polar surface area (TPSA) is 112 Å². The Labute approximate surface area is 86.2 Å². The molecule has 0 saturated carbocycles. The fourth-order valence-electron chi connectivity index (χ4n) is 1.55. The van der Waals surface area contributed by atoms with Gasteiger partial charge in [-0.1, -0.05) is 0 Å². The third-order valence-corrected chi connectivity index (χ3v) is 3.95. The molecule has 0 aromatic carbocycles. The normalized spacial score (nSPS) is 26.6. The second-order valence-corrected chi connectivity index (χ2v) is 5.80. The molecule has 0 unspecified atom stereocenters. The molecule has 0 spiro atoms. The van der Waals surface area contributed by atoms with Gasteiger partial charge in [-0.3, -0.25) is 4.90 Å². The van der Waals surface area contributed by atoms with Crippen molar-refractivity contribution in [3.05, 3.63) is 0 Å². The van der Waals surface area contributed by atoms with Gasteiger partial charge in [0, 0.05) is 12.8 Å². The number of likely N-dealkylation sites (tertiary alicyclic amines) is 1. The molecule has 1 rings (SSSR count). The molecule has 15 heavy (non-hydrogen) atoms. The van der Waals surface area contributed by atoms with Gasteiger partial charge in [0.1, 0.15) is 6.04 Å². The molecule has 0 aromatic heterocycles. The number of hydrogen-bond acceptors (Lipinski definition) is 4. The van der Waals surface area contributed by atoms with E-state index in [9.17, 15) is 18.0 Å². The van der Waals surface area contributed by atoms with Crippen LogP contribution in [0.15, 0.2) is 0 Å². The third kappa shape index (κ3) is 2.38. The van der Waals surface area contributed by atoms with E-state index in [0.717, 1.165) is 6.26 Å². The van der Waals surface area contributed by atoms with Crippen molar-refractivity contribution in [2.24, 2.45) is 0 Å². The maximum absolute atomic E-state index is 11.2. The van der Waals surface area contributed by atoms with E-state index < -0.39 is 33.2 Å². The molecule has 1 saturated heterocycles. The molecule has 1 fully saturated rings. The Bertz CT molecular complexity index is 366. The minimum Gasteiger partial charge on any atom is -0.480 e. The molecule has 0 radical (unpaired) electrons. The van der Waals surface area contributed by atoms with Crippen molar-refractivity contribution in [1.29, 1.82) is 0 Å². The van der Waals surface area contributed by atoms with Gasteiger partial charge < -0.3 is 10.2 Å². The lowest BCUT2D eigenvalue weighted by atomic mass is 10.2. The molecule has 0 aliphatic carbocycles. The summed E-state index contributed by atoms with van der Waals surface area (Å²) in [4.78, 5) is 22.0. The van der Waals surface area contributed by atoms with Crippen molar-refractivity contribution < 1.29 is 28.2 Å². The first kappa shape index (κ1) is 11.8. The molecule has 1 amide bonds. The first-order valence-electron chi connectivity index (χ1n) is 4.14. The number of sulfone groups is 1. The maximum Gasteiger partial charge on any atom is 0.408 e. The predicted molar refractivity (Wildman–Crippen MR) is 49.4 cm³/mol. The van der Waals surface area contributed by atoms with Gasteiger partial charge in [-0.15, -0.1) is 0 Å². The van der Waals surface area contributed by atoms with E-state index >= 15 is 0 Å². The summed E-state index contributed by atoms with van der Waals surface area (Å²) in [5.41, 5.74) is 0. The van der Waals surface area contributed by atoms with E-state index in [1.807, 2.05) is 0 Å². The molecule has 1 aliphatic rings. The Balaban J connectivity index is 2.93. The summed E-state index contributed by atoms with van der Waals surface area (Å²) >= 11 is 0. The van der Waals surface area contributed by atoms with Crippen LogP contribution in [0.3, 0.4) is 0 Å². The van der Waals surface area contributed by atoms with Gasteiger partial charge >= 0.3 is 12.1 Å². The van der Waals surface area contributed by atoms with E-state index in [0.29, 0.717) is 4.90 Å². The molecule has 2 N–H and O–H groups in total. The minimum atomic E-state index is -3.40. The molecule has 7 nitrogen and oxygen atoms in total. The number of carboxylic acid groups (broad SMARTS) is 2. The standard InChI is InChI=1S/C7H11NO6S/c1-15(13,14)4-2-5(6(9)10)8(3-4)7(11)12/h4-5H,2-3H2,1H3,(H,9,10)(H,11,12)/t4-,5+/m1/s1. The summed E-state index contributed by atoms with van der Waals surface area (Å²) in [5, 5.41) is 16.5. The van der Waals surface area contributed by atoms with Crippen LogP contribution in [0.1, 0.15) is 6.42 Å². The summed E-state index contributed by atoms with van der Waals surface area (Å²) < 4.78 is 22.3. The van der Waals surface area contributed by atoms with Crippen LogP contribution in [0.25, 0.3) is 0 Å². The molecule has 86 valence electrons. The Kier molecular flexibility index (Phi) is 2.89. The number of hydrogen-bond donors (Lipinski definition) is 2. The van der Waals surface area contributed by atoms with Crippen molar-refractivity contribution >= 4 is 21.9 Å². The lowest BCUT2D eigenvalue weighted by Crippen LogP contribution is -2.39. The van der Waals surface area contributed by atoms with Crippen LogP contribution >= 0.6 is 0 Å². The SMILES string of the molecule is CS(=O)(=O)[C@@H]1C[C@@H](C(=O)O)N(C(=O)O)C1. The number of rotatable bonds is 2. The van der Waals surface area contributed by atoms with E-state index in [-0.39, 0.29) is 13.0 Å². The monoisotopic (exact) mass is 237 g/mol. The molecular formula is C7H11NO6S. The predicted octanol–water partition coefficient (Wildman–Crippen LogP) is -0.763. The van der Waals surface area contributed by atoms with Crippen LogP contribution in [-0.2, 0) is 14.6 Å². The fraction of sp³-hybridized carbons (Fsp3) is 0.714. The molecule has 8 heteroatoms. The highest BCUT2D eigenvalue weighted by atomic mass is 32.2. The quantitative estimate of drug-likeness (QED) is 0.652. The van der Waals surface area contributed by atoms with Crippen molar-refractivity contribution in [3.63, 3.8) is 0 Å². The molecular weight excluding hydrogens is 226 g/mol. The summed E-state index contributed by atoms with van der Waals surface area (Å²) in [5.74, 6) is -1.32. The second kappa shape index (κ2) is 3.69. The van der Waals surface area contributed by atoms with Crippen LogP contribution in [0.4, 0.5) is 4.79 Å². The van der Waals surface area contributed by atoms with Crippen LogP contribution in [0.5, 0.6) is 0 Å². The molecule has 0 aromatic rings. The lowest BCUT2D eigenvalue weighted by Gasteiger charge is -2.16. The van der Waals surface area contributed by atoms with Gasteiger partial charge in [0.05, 0.1) is 5.25 Å². The summed E-state index contributed by atoms with van der Waals surface area (Å²) in [6.45, 7) is -0.273. The van der Waals surface area contributed by atoms with Gasteiger partial charge in [0.25, 0.3) is 0 Å². The highest BCUT2D eigenvalue weighted by Gasteiger charge is 2.43. The Morgan fingerprint density at radius 2 is 1.87 bits per heavy atom. The van der Waals surface area contributed by atoms with Crippen molar-refractivity contribution in [2.75, 3.05) is 12.8 Å². The molecule has 1 aliphatic heterocycles. The molecule has 1 heterocycles. The average Bonchev–Trinajstić information content (AvgIpc) is 2.45. The zero-order valence-corrected chi connectivity index (χ0v) is 8.77. The first-order valence-corrected chi connectivity index (χ1v) is 6.10. The number of nitrogens with zero attached hydrogens (tertiary/aromatic N) is 1. The summed E-state index contributed by atoms with van der Waals surface area (Å²) in [6.07, 6.45) is -0.615. The van der Waals surface area contributed by atoms with Crippen LogP contribution < -0.4 is 0 Å². The largest absolute Gasteiger partial charge is 0.480 e. The molecule has 2 atom stereocenters.